The molecule has 49 heteroatoms. The van der Waals surface area contributed by atoms with Gasteiger partial charge in [-0.15, -0.1) is 0 Å². The van der Waals surface area contributed by atoms with Crippen LogP contribution in [-0.2, 0) is 99.9 Å². The van der Waals surface area contributed by atoms with E-state index in [0.29, 0.717) is 27.7 Å². The third kappa shape index (κ3) is 22.8. The highest BCUT2D eigenvalue weighted by atomic mass is 19.4. The van der Waals surface area contributed by atoms with E-state index in [1.54, 1.807) is 0 Å². The summed E-state index contributed by atoms with van der Waals surface area (Å²) in [6.45, 7) is 29.7. The summed E-state index contributed by atoms with van der Waals surface area (Å²) in [5, 5.41) is 8.56. The monoisotopic (exact) mass is 1760 g/mol. The van der Waals surface area contributed by atoms with Gasteiger partial charge in [0.1, 0.15) is 12.2 Å². The number of alkyl halides is 26. The van der Waals surface area contributed by atoms with Gasteiger partial charge in [0, 0.05) is 53.7 Å². The van der Waals surface area contributed by atoms with Crippen molar-refractivity contribution in [3.8, 4) is 0 Å². The molecule has 0 aromatic carbocycles. The molecule has 4 rings (SSSR count). The first kappa shape index (κ1) is 109. The molecule has 1 aliphatic carbocycles. The lowest BCUT2D eigenvalue weighted by atomic mass is 9.91. The van der Waals surface area contributed by atoms with E-state index in [1.165, 1.54) is 76.2 Å². The summed E-state index contributed by atoms with van der Waals surface area (Å²) in [4.78, 5) is 91.7. The normalized spacial score (nSPS) is 26.9. The minimum atomic E-state index is -6.01. The van der Waals surface area contributed by atoms with Crippen molar-refractivity contribution in [2.75, 3.05) is 33.5 Å². The standard InChI is InChI=1S/C16H21F5O4.C15H19F5O6.C15H21F5O5.C14H17F5O5.C8H8F6O3/c1-9(2)8-11(22)24-14(16(19,20)21)7-6-13(5,15(14,17)18)25-12(23)10(3)4;1-8(2)9(21)24-12(6)7-23-14(13(12,16)17,15(18,19)20)26-10(22)25-11(3,4)5;1-8(2)10(21)24-12(5)7-23-14(13(12,16)17,15(18,19)20)25-11(22-6)9(3)4;1-7(2)9(20)23-11(5)6-22-13(12(11,15)16,14(17,18)19)24-10(21)8(3)4;1-4(2)5(15)17-3-6(16,7(9,10)11)8(12,13)14/h9H,3,6-8H2,1-2,4-5H3;1,7H2,2-6H3;9,11H,1,7H2,2-6H3;8H,1,6H2,2-5H3;16H,1,3H2,2H3. The third-order valence-electron chi connectivity index (χ3n) is 16.2. The van der Waals surface area contributed by atoms with Crippen molar-refractivity contribution in [1.29, 1.82) is 0 Å². The van der Waals surface area contributed by atoms with Gasteiger partial charge in [-0.1, -0.05) is 74.4 Å². The Hall–Kier alpha value is -7.80. The topological polar surface area (TPSA) is 286 Å². The molecule has 678 valence electrons. The summed E-state index contributed by atoms with van der Waals surface area (Å²) in [6, 6.07) is 0. The van der Waals surface area contributed by atoms with Crippen LogP contribution in [0.15, 0.2) is 60.8 Å². The highest BCUT2D eigenvalue weighted by molar-refractivity contribution is 5.89. The molecular formula is C68H86F26O23. The van der Waals surface area contributed by atoms with Crippen molar-refractivity contribution < 1.29 is 224 Å². The van der Waals surface area contributed by atoms with E-state index in [4.69, 9.17) is 9.84 Å². The highest BCUT2D eigenvalue weighted by Gasteiger charge is 2.89. The molecule has 23 nitrogen and oxygen atoms in total. The molecule has 9 atom stereocenters. The van der Waals surface area contributed by atoms with Crippen molar-refractivity contribution in [1.82, 2.24) is 0 Å². The quantitative estimate of drug-likeness (QED) is 0.0367. The maximum atomic E-state index is 14.9. The minimum absolute atomic E-state index is 0.238. The summed E-state index contributed by atoms with van der Waals surface area (Å²) in [5.74, 6) is -44.6. The van der Waals surface area contributed by atoms with E-state index >= 15 is 0 Å². The molecule has 1 saturated carbocycles. The number of carbonyl (C=O) groups is 8. The average molecular weight is 1770 g/mol. The average Bonchev–Trinajstić information content (AvgIpc) is 1.58. The van der Waals surface area contributed by atoms with Gasteiger partial charge < -0.3 is 71.4 Å². The molecule has 4 aliphatic rings. The fourth-order valence-electron chi connectivity index (χ4n) is 9.23. The molecule has 1 N–H and O–H groups in total. The number of hydrogen-bond acceptors (Lipinski definition) is 23. The zero-order valence-electron chi connectivity index (χ0n) is 65.6. The number of carbonyl (C=O) groups excluding carboxylic acids is 8. The summed E-state index contributed by atoms with van der Waals surface area (Å²) in [7, 11) is 1.02. The predicted octanol–water partition coefficient (Wildman–Crippen LogP) is 16.3. The lowest BCUT2D eigenvalue weighted by Gasteiger charge is -2.40. The van der Waals surface area contributed by atoms with Crippen molar-refractivity contribution in [2.24, 2.45) is 17.8 Å². The van der Waals surface area contributed by atoms with Crippen LogP contribution in [0.2, 0.25) is 0 Å². The van der Waals surface area contributed by atoms with Gasteiger partial charge in [0.25, 0.3) is 11.2 Å². The smallest absolute Gasteiger partial charge is 0.459 e. The second-order valence-corrected chi connectivity index (χ2v) is 29.3. The zero-order valence-corrected chi connectivity index (χ0v) is 65.6. The second kappa shape index (κ2) is 36.6. The van der Waals surface area contributed by atoms with Crippen LogP contribution in [0.5, 0.6) is 0 Å². The SMILES string of the molecule is C=C(C)C(=O)OC1(C)CCC(OC(=O)CC(C)C)(C(F)(F)F)C1(F)F.C=C(C)C(=O)OC1(C)COC(OC(=O)C(C)C)(C(F)(F)F)C1(F)F.C=C(C)C(=O)OC1(C)COC(OC(=O)OC(C)(C)C)(C(F)(F)F)C1(F)F.C=C(C)C(=O)OC1(C)COC(OC(OC)C(C)C)(C(F)(F)F)C1(F)F.C=C(C)C(=O)OCC(O)(C(F)(F)F)C(F)(F)F. The Bertz CT molecular complexity index is 3630. The van der Waals surface area contributed by atoms with Gasteiger partial charge in [-0.25, -0.2) is 28.8 Å². The van der Waals surface area contributed by atoms with Gasteiger partial charge in [-0.05, 0) is 95.4 Å². The van der Waals surface area contributed by atoms with Crippen LogP contribution >= 0.6 is 0 Å². The van der Waals surface area contributed by atoms with Gasteiger partial charge in [0.05, 0.1) is 25.7 Å². The van der Waals surface area contributed by atoms with Crippen LogP contribution in [0.25, 0.3) is 0 Å². The molecule has 0 amide bonds. The lowest BCUT2D eigenvalue weighted by Crippen LogP contribution is -2.66. The molecule has 9 unspecified atom stereocenters. The number of esters is 7. The van der Waals surface area contributed by atoms with E-state index < -0.39 is 235 Å². The van der Waals surface area contributed by atoms with Crippen molar-refractivity contribution in [3.05, 3.63) is 60.8 Å². The Morgan fingerprint density at radius 3 is 1.00 bits per heavy atom. The van der Waals surface area contributed by atoms with E-state index in [1.807, 2.05) is 0 Å². The Morgan fingerprint density at radius 1 is 0.427 bits per heavy atom. The van der Waals surface area contributed by atoms with E-state index in [-0.39, 0.29) is 28.2 Å². The Kier molecular flexibility index (Phi) is 34.2. The minimum Gasteiger partial charge on any atom is -0.459 e. The lowest BCUT2D eigenvalue weighted by molar-refractivity contribution is -0.451. The van der Waals surface area contributed by atoms with Crippen LogP contribution < -0.4 is 0 Å². The van der Waals surface area contributed by atoms with Crippen molar-refractivity contribution >= 4 is 47.9 Å². The Morgan fingerprint density at radius 2 is 0.735 bits per heavy atom. The molecular weight excluding hydrogens is 1680 g/mol. The van der Waals surface area contributed by atoms with Crippen molar-refractivity contribution in [3.63, 3.8) is 0 Å². The Balaban J connectivity index is 0.00000145. The van der Waals surface area contributed by atoms with Gasteiger partial charge in [0.15, 0.2) is 11.9 Å². The summed E-state index contributed by atoms with van der Waals surface area (Å²) < 4.78 is 413. The van der Waals surface area contributed by atoms with Crippen LogP contribution in [0.3, 0.4) is 0 Å². The maximum absolute atomic E-state index is 14.9. The molecule has 0 aromatic rings. The molecule has 3 saturated heterocycles. The molecule has 0 radical (unpaired) electrons. The van der Waals surface area contributed by atoms with Gasteiger partial charge in [-0.2, -0.15) is 114 Å². The number of halogens is 26. The summed E-state index contributed by atoms with van der Waals surface area (Å²) >= 11 is 0. The molecule has 3 aliphatic heterocycles. The number of methoxy groups -OCH3 is 1. The van der Waals surface area contributed by atoms with Crippen molar-refractivity contribution in [2.45, 2.75) is 267 Å². The van der Waals surface area contributed by atoms with E-state index in [2.05, 4.69) is 94.5 Å². The predicted molar refractivity (Wildman–Crippen MR) is 343 cm³/mol. The van der Waals surface area contributed by atoms with Crippen LogP contribution in [0, 0.1) is 17.8 Å². The largest absolute Gasteiger partial charge is 0.511 e. The van der Waals surface area contributed by atoms with Gasteiger partial charge >= 0.3 is 126 Å². The number of aliphatic hydroxyl groups is 1. The third-order valence-corrected chi connectivity index (χ3v) is 16.2. The van der Waals surface area contributed by atoms with Gasteiger partial charge in [0.2, 0.25) is 16.8 Å². The first-order valence-corrected chi connectivity index (χ1v) is 33.1. The van der Waals surface area contributed by atoms with Crippen LogP contribution in [-0.4, -0.2) is 210 Å². The molecule has 117 heavy (non-hydrogen) atoms. The van der Waals surface area contributed by atoms with E-state index in [0.717, 1.165) is 27.9 Å². The molecule has 4 fully saturated rings. The first-order valence-electron chi connectivity index (χ1n) is 33.1. The molecule has 0 spiro atoms. The first-order chi connectivity index (χ1) is 51.6. The molecule has 3 heterocycles. The number of rotatable bonds is 21. The zero-order chi connectivity index (χ0) is 93.7. The summed E-state index contributed by atoms with van der Waals surface area (Å²) in [6.07, 6.45) is -41.0. The second-order valence-electron chi connectivity index (χ2n) is 29.3. The fourth-order valence-corrected chi connectivity index (χ4v) is 9.23. The number of ether oxygens (including phenoxy) is 14. The van der Waals surface area contributed by atoms with Gasteiger partial charge in [-0.3, -0.25) is 9.59 Å². The molecule has 0 bridgehead atoms. The number of hydrogen-bond donors (Lipinski definition) is 1. The summed E-state index contributed by atoms with van der Waals surface area (Å²) in [5.41, 5.74) is -23.7. The van der Waals surface area contributed by atoms with E-state index in [9.17, 15) is 153 Å². The Labute approximate surface area is 650 Å². The van der Waals surface area contributed by atoms with Crippen LogP contribution in [0.1, 0.15) is 144 Å². The van der Waals surface area contributed by atoms with Crippen LogP contribution in [0.4, 0.5) is 119 Å². The highest BCUT2D eigenvalue weighted by Crippen LogP contribution is 2.63. The molecule has 0 aromatic heterocycles. The maximum Gasteiger partial charge on any atom is 0.511 e. The fraction of sp³-hybridized carbons (Fsp3) is 0.735.